The molecule has 1 saturated heterocycles. The van der Waals surface area contributed by atoms with Gasteiger partial charge in [-0.1, -0.05) is 6.92 Å². The van der Waals surface area contributed by atoms with Gasteiger partial charge in [0.05, 0.1) is 0 Å². The van der Waals surface area contributed by atoms with Crippen molar-refractivity contribution in [1.29, 1.82) is 0 Å². The fourth-order valence-corrected chi connectivity index (χ4v) is 2.52. The Balaban J connectivity index is 1.89. The van der Waals surface area contributed by atoms with Gasteiger partial charge in [-0.05, 0) is 6.42 Å². The normalized spacial score (nSPS) is 20.1. The van der Waals surface area contributed by atoms with Gasteiger partial charge < -0.3 is 10.2 Å². The number of amides is 1. The minimum absolute atomic E-state index is 0.149. The summed E-state index contributed by atoms with van der Waals surface area (Å²) in [4.78, 5) is 17.4. The van der Waals surface area contributed by atoms with Crippen molar-refractivity contribution < 1.29 is 4.79 Å². The van der Waals surface area contributed by atoms with Crippen molar-refractivity contribution in [2.45, 2.75) is 32.7 Å². The molecule has 1 aliphatic heterocycles. The van der Waals surface area contributed by atoms with Gasteiger partial charge >= 0.3 is 0 Å². The molecule has 0 aromatic carbocycles. The molecule has 0 unspecified atom stereocenters. The van der Waals surface area contributed by atoms with Crippen LogP contribution in [0.25, 0.3) is 0 Å². The third kappa shape index (κ3) is 2.49. The minimum atomic E-state index is 0.149. The van der Waals surface area contributed by atoms with Gasteiger partial charge in [0.15, 0.2) is 0 Å². The van der Waals surface area contributed by atoms with Crippen molar-refractivity contribution in [2.75, 3.05) is 18.4 Å². The fourth-order valence-electron chi connectivity index (χ4n) is 1.79. The summed E-state index contributed by atoms with van der Waals surface area (Å²) in [5.74, 6) is 1.03. The van der Waals surface area contributed by atoms with E-state index in [-0.39, 0.29) is 5.91 Å². The van der Waals surface area contributed by atoms with Crippen LogP contribution < -0.4 is 5.32 Å². The molecule has 0 radical (unpaired) electrons. The van der Waals surface area contributed by atoms with E-state index in [9.17, 15) is 4.79 Å². The van der Waals surface area contributed by atoms with E-state index in [4.69, 9.17) is 0 Å². The summed E-state index contributed by atoms with van der Waals surface area (Å²) in [5, 5.41) is 4.20. The minimum Gasteiger partial charge on any atom is -0.356 e. The highest BCUT2D eigenvalue weighted by Crippen LogP contribution is 2.17. The van der Waals surface area contributed by atoms with Gasteiger partial charge in [-0.3, -0.25) is 4.79 Å². The Hall–Kier alpha value is -1.17. The Morgan fingerprint density at radius 1 is 1.69 bits per heavy atom. The number of likely N-dealkylation sites (tertiary alicyclic amines) is 1. The number of hydrogen-bond donors (Lipinski definition) is 1. The standard InChI is InChI=1S/C10H16N4OS/c1-3-9-12-10(16-13-9)11-8-4-5-14(6-8)7(2)15/h8H,3-6H2,1-2H3,(H,11,12,13)/t8-/m1/s1. The number of aromatic nitrogens is 2. The Morgan fingerprint density at radius 2 is 2.50 bits per heavy atom. The van der Waals surface area contributed by atoms with Crippen molar-refractivity contribution in [3.05, 3.63) is 5.82 Å². The number of nitrogens with zero attached hydrogens (tertiary/aromatic N) is 3. The van der Waals surface area contributed by atoms with Gasteiger partial charge in [0, 0.05) is 44.0 Å². The first kappa shape index (κ1) is 11.3. The van der Waals surface area contributed by atoms with Crippen LogP contribution in [-0.2, 0) is 11.2 Å². The van der Waals surface area contributed by atoms with E-state index in [1.165, 1.54) is 11.5 Å². The molecule has 1 aromatic rings. The number of hydrogen-bond acceptors (Lipinski definition) is 5. The van der Waals surface area contributed by atoms with Crippen LogP contribution in [0.3, 0.4) is 0 Å². The van der Waals surface area contributed by atoms with Gasteiger partial charge in [0.2, 0.25) is 11.0 Å². The zero-order chi connectivity index (χ0) is 11.5. The second-order valence-corrected chi connectivity index (χ2v) is 4.72. The van der Waals surface area contributed by atoms with Crippen LogP contribution in [0, 0.1) is 0 Å². The molecule has 0 aliphatic carbocycles. The first-order valence-electron chi connectivity index (χ1n) is 5.53. The van der Waals surface area contributed by atoms with Gasteiger partial charge in [0.1, 0.15) is 5.82 Å². The second-order valence-electron chi connectivity index (χ2n) is 3.96. The number of aryl methyl sites for hydroxylation is 1. The fraction of sp³-hybridized carbons (Fsp3) is 0.700. The number of rotatable bonds is 3. The summed E-state index contributed by atoms with van der Waals surface area (Å²) in [6.07, 6.45) is 1.85. The smallest absolute Gasteiger partial charge is 0.219 e. The van der Waals surface area contributed by atoms with Crippen molar-refractivity contribution in [2.24, 2.45) is 0 Å². The predicted molar refractivity (Wildman–Crippen MR) is 63.6 cm³/mol. The molecule has 88 valence electrons. The summed E-state index contributed by atoms with van der Waals surface area (Å²) in [6, 6.07) is 0.321. The molecule has 0 bridgehead atoms. The van der Waals surface area contributed by atoms with E-state index in [2.05, 4.69) is 14.7 Å². The lowest BCUT2D eigenvalue weighted by atomic mass is 10.3. The molecule has 1 atom stereocenters. The lowest BCUT2D eigenvalue weighted by Gasteiger charge is -2.14. The van der Waals surface area contributed by atoms with Gasteiger partial charge in [0.25, 0.3) is 0 Å². The van der Waals surface area contributed by atoms with Crippen molar-refractivity contribution in [3.8, 4) is 0 Å². The van der Waals surface area contributed by atoms with Gasteiger partial charge in [-0.2, -0.15) is 4.37 Å². The van der Waals surface area contributed by atoms with Gasteiger partial charge in [-0.15, -0.1) is 0 Å². The van der Waals surface area contributed by atoms with Gasteiger partial charge in [-0.25, -0.2) is 4.98 Å². The Kier molecular flexibility index (Phi) is 3.38. The van der Waals surface area contributed by atoms with Crippen LogP contribution in [-0.4, -0.2) is 39.3 Å². The van der Waals surface area contributed by atoms with Crippen LogP contribution in [0.1, 0.15) is 26.1 Å². The maximum absolute atomic E-state index is 11.2. The summed E-state index contributed by atoms with van der Waals surface area (Å²) in [6.45, 7) is 5.27. The molecule has 2 rings (SSSR count). The third-order valence-electron chi connectivity index (χ3n) is 2.75. The molecule has 0 spiro atoms. The molecule has 1 aliphatic rings. The van der Waals surface area contributed by atoms with Crippen molar-refractivity contribution in [1.82, 2.24) is 14.3 Å². The largest absolute Gasteiger partial charge is 0.356 e. The molecule has 6 heteroatoms. The SMILES string of the molecule is CCc1nsc(N[C@@H]2CCN(C(C)=O)C2)n1. The molecule has 2 heterocycles. The number of carbonyl (C=O) groups is 1. The van der Waals surface area contributed by atoms with Crippen LogP contribution >= 0.6 is 11.5 Å². The third-order valence-corrected chi connectivity index (χ3v) is 3.43. The van der Waals surface area contributed by atoms with Crippen molar-refractivity contribution >= 4 is 22.6 Å². The number of carbonyl (C=O) groups excluding carboxylic acids is 1. The summed E-state index contributed by atoms with van der Waals surface area (Å²) >= 11 is 1.39. The molecular formula is C10H16N4OS. The zero-order valence-corrected chi connectivity index (χ0v) is 10.4. The summed E-state index contributed by atoms with van der Waals surface area (Å²) in [7, 11) is 0. The topological polar surface area (TPSA) is 58.1 Å². The maximum atomic E-state index is 11.2. The van der Waals surface area contributed by atoms with E-state index >= 15 is 0 Å². The van der Waals surface area contributed by atoms with Crippen LogP contribution in [0.4, 0.5) is 5.13 Å². The quantitative estimate of drug-likeness (QED) is 0.860. The Labute approximate surface area is 99.0 Å². The Bertz CT molecular complexity index is 379. The highest BCUT2D eigenvalue weighted by Gasteiger charge is 2.24. The summed E-state index contributed by atoms with van der Waals surface area (Å²) in [5.41, 5.74) is 0. The molecule has 16 heavy (non-hydrogen) atoms. The molecule has 1 fully saturated rings. The molecule has 5 nitrogen and oxygen atoms in total. The van der Waals surface area contributed by atoms with E-state index in [1.54, 1.807) is 6.92 Å². The van der Waals surface area contributed by atoms with Crippen LogP contribution in [0.2, 0.25) is 0 Å². The van der Waals surface area contributed by atoms with Crippen molar-refractivity contribution in [3.63, 3.8) is 0 Å². The number of nitrogens with one attached hydrogen (secondary N) is 1. The summed E-state index contributed by atoms with van der Waals surface area (Å²) < 4.78 is 4.22. The highest BCUT2D eigenvalue weighted by molar-refractivity contribution is 7.09. The first-order chi connectivity index (χ1) is 7.69. The Morgan fingerprint density at radius 3 is 3.06 bits per heavy atom. The van der Waals surface area contributed by atoms with E-state index in [1.807, 2.05) is 11.8 Å². The highest BCUT2D eigenvalue weighted by atomic mass is 32.1. The molecule has 1 amide bonds. The lowest BCUT2D eigenvalue weighted by molar-refractivity contribution is -0.127. The lowest BCUT2D eigenvalue weighted by Crippen LogP contribution is -2.29. The second kappa shape index (κ2) is 4.78. The monoisotopic (exact) mass is 240 g/mol. The molecule has 1 aromatic heterocycles. The van der Waals surface area contributed by atoms with E-state index in [0.717, 1.165) is 36.9 Å². The first-order valence-corrected chi connectivity index (χ1v) is 6.31. The number of anilines is 1. The average Bonchev–Trinajstić information content (AvgIpc) is 2.87. The van der Waals surface area contributed by atoms with Crippen LogP contribution in [0.5, 0.6) is 0 Å². The molecule has 0 saturated carbocycles. The zero-order valence-electron chi connectivity index (χ0n) is 9.56. The average molecular weight is 240 g/mol. The predicted octanol–water partition coefficient (Wildman–Crippen LogP) is 1.13. The molecule has 1 N–H and O–H groups in total. The molecular weight excluding hydrogens is 224 g/mol. The van der Waals surface area contributed by atoms with E-state index < -0.39 is 0 Å². The van der Waals surface area contributed by atoms with Crippen LogP contribution in [0.15, 0.2) is 0 Å². The van der Waals surface area contributed by atoms with E-state index in [0.29, 0.717) is 6.04 Å². The maximum Gasteiger partial charge on any atom is 0.219 e.